The summed E-state index contributed by atoms with van der Waals surface area (Å²) in [4.78, 5) is 16.8. The summed E-state index contributed by atoms with van der Waals surface area (Å²) in [5.41, 5.74) is 1.57. The molecule has 1 aliphatic heterocycles. The van der Waals surface area contributed by atoms with Crippen LogP contribution in [0.4, 0.5) is 5.69 Å². The Morgan fingerprint density at radius 2 is 2.03 bits per heavy atom. The maximum Gasteiger partial charge on any atom is 0.340 e. The second-order valence-electron chi connectivity index (χ2n) is 8.23. The van der Waals surface area contributed by atoms with Crippen molar-refractivity contribution in [1.29, 1.82) is 0 Å². The van der Waals surface area contributed by atoms with Crippen LogP contribution in [0.3, 0.4) is 0 Å². The molecule has 174 valence electrons. The van der Waals surface area contributed by atoms with Gasteiger partial charge in [-0.15, -0.1) is 0 Å². The standard InChI is InChI=1S/C23H24ClN3O5S/c1-15(2)12-21-25-22(32-26-21)14-31-23(28)18-13-17(9-10-19(18)24)33(29,30)27-11-5-7-16-6-3-4-8-20(16)27/h3-4,6,8-10,13,15H,5,7,11-12,14H2,1-2H3. The molecule has 1 aliphatic rings. The van der Waals surface area contributed by atoms with E-state index in [9.17, 15) is 13.2 Å². The van der Waals surface area contributed by atoms with Crippen LogP contribution < -0.4 is 4.31 Å². The molecule has 0 amide bonds. The van der Waals surface area contributed by atoms with Crippen LogP contribution in [0.5, 0.6) is 0 Å². The normalized spacial score (nSPS) is 13.8. The Morgan fingerprint density at radius 1 is 1.24 bits per heavy atom. The molecule has 2 aromatic carbocycles. The number of anilines is 1. The van der Waals surface area contributed by atoms with E-state index in [2.05, 4.69) is 10.1 Å². The Balaban J connectivity index is 1.54. The quantitative estimate of drug-likeness (QED) is 0.452. The van der Waals surface area contributed by atoms with Crippen molar-refractivity contribution in [3.63, 3.8) is 0 Å². The van der Waals surface area contributed by atoms with Crippen LogP contribution in [0.2, 0.25) is 5.02 Å². The Kier molecular flexibility index (Phi) is 6.71. The highest BCUT2D eigenvalue weighted by molar-refractivity contribution is 7.92. The van der Waals surface area contributed by atoms with Crippen molar-refractivity contribution < 1.29 is 22.5 Å². The van der Waals surface area contributed by atoms with Gasteiger partial charge in [0.2, 0.25) is 0 Å². The van der Waals surface area contributed by atoms with Crippen molar-refractivity contribution in [3.8, 4) is 0 Å². The molecule has 0 N–H and O–H groups in total. The minimum absolute atomic E-state index is 0.0347. The van der Waals surface area contributed by atoms with Gasteiger partial charge in [0.05, 0.1) is 21.2 Å². The van der Waals surface area contributed by atoms with E-state index in [0.29, 0.717) is 36.8 Å². The largest absolute Gasteiger partial charge is 0.452 e. The summed E-state index contributed by atoms with van der Waals surface area (Å²) in [6.07, 6.45) is 2.17. The average Bonchev–Trinajstić information content (AvgIpc) is 3.23. The molecule has 0 fully saturated rings. The third kappa shape index (κ3) is 5.04. The maximum absolute atomic E-state index is 13.4. The van der Waals surface area contributed by atoms with E-state index in [1.54, 1.807) is 12.1 Å². The molecule has 1 aromatic heterocycles. The number of halogens is 1. The van der Waals surface area contributed by atoms with E-state index >= 15 is 0 Å². The number of rotatable bonds is 7. The molecule has 0 atom stereocenters. The van der Waals surface area contributed by atoms with Crippen molar-refractivity contribution in [2.24, 2.45) is 5.92 Å². The lowest BCUT2D eigenvalue weighted by atomic mass is 10.0. The molecule has 33 heavy (non-hydrogen) atoms. The third-order valence-electron chi connectivity index (χ3n) is 5.24. The number of para-hydroxylation sites is 1. The minimum Gasteiger partial charge on any atom is -0.452 e. The summed E-state index contributed by atoms with van der Waals surface area (Å²) in [7, 11) is -3.90. The molecule has 8 nitrogen and oxygen atoms in total. The highest BCUT2D eigenvalue weighted by atomic mass is 35.5. The Labute approximate surface area is 197 Å². The molecule has 0 radical (unpaired) electrons. The zero-order valence-corrected chi connectivity index (χ0v) is 19.9. The van der Waals surface area contributed by atoms with Gasteiger partial charge in [-0.05, 0) is 48.6 Å². The van der Waals surface area contributed by atoms with Gasteiger partial charge in [-0.3, -0.25) is 4.31 Å². The first-order valence-electron chi connectivity index (χ1n) is 10.6. The summed E-state index contributed by atoms with van der Waals surface area (Å²) in [5, 5.41) is 3.94. The first kappa shape index (κ1) is 23.3. The number of hydrogen-bond donors (Lipinski definition) is 0. The third-order valence-corrected chi connectivity index (χ3v) is 7.38. The topological polar surface area (TPSA) is 103 Å². The van der Waals surface area contributed by atoms with Gasteiger partial charge in [0, 0.05) is 13.0 Å². The number of benzene rings is 2. The van der Waals surface area contributed by atoms with Gasteiger partial charge >= 0.3 is 5.97 Å². The molecule has 10 heteroatoms. The second-order valence-corrected chi connectivity index (χ2v) is 10.5. The van der Waals surface area contributed by atoms with Crippen molar-refractivity contribution in [1.82, 2.24) is 10.1 Å². The van der Waals surface area contributed by atoms with E-state index in [-0.39, 0.29) is 28.0 Å². The van der Waals surface area contributed by atoms with E-state index in [1.807, 2.05) is 26.0 Å². The van der Waals surface area contributed by atoms with Crippen LogP contribution in [0, 0.1) is 5.92 Å². The summed E-state index contributed by atoms with van der Waals surface area (Å²) >= 11 is 6.19. The monoisotopic (exact) mass is 489 g/mol. The van der Waals surface area contributed by atoms with Gasteiger partial charge in [-0.2, -0.15) is 4.98 Å². The molecule has 0 aliphatic carbocycles. The van der Waals surface area contributed by atoms with Crippen LogP contribution >= 0.6 is 11.6 Å². The van der Waals surface area contributed by atoms with Gasteiger partial charge in [-0.25, -0.2) is 13.2 Å². The molecule has 0 saturated heterocycles. The fourth-order valence-electron chi connectivity index (χ4n) is 3.70. The first-order valence-corrected chi connectivity index (χ1v) is 12.5. The summed E-state index contributed by atoms with van der Waals surface area (Å²) in [6.45, 7) is 4.18. The lowest BCUT2D eigenvalue weighted by Gasteiger charge is -2.30. The number of carbonyl (C=O) groups is 1. The highest BCUT2D eigenvalue weighted by Crippen LogP contribution is 2.33. The number of hydrogen-bond acceptors (Lipinski definition) is 7. The van der Waals surface area contributed by atoms with Crippen LogP contribution in [-0.2, 0) is 34.2 Å². The van der Waals surface area contributed by atoms with E-state index in [1.165, 1.54) is 22.5 Å². The lowest BCUT2D eigenvalue weighted by Crippen LogP contribution is -2.35. The first-order chi connectivity index (χ1) is 15.8. The predicted octanol–water partition coefficient (Wildman–Crippen LogP) is 4.42. The molecular formula is C23H24ClN3O5S. The molecule has 4 rings (SSSR count). The summed E-state index contributed by atoms with van der Waals surface area (Å²) in [6, 6.07) is 11.4. The van der Waals surface area contributed by atoms with Crippen LogP contribution in [-0.4, -0.2) is 31.1 Å². The number of aryl methyl sites for hydroxylation is 1. The van der Waals surface area contributed by atoms with Crippen LogP contribution in [0.15, 0.2) is 51.9 Å². The molecule has 2 heterocycles. The second kappa shape index (κ2) is 9.52. The fourth-order valence-corrected chi connectivity index (χ4v) is 5.46. The van der Waals surface area contributed by atoms with Crippen molar-refractivity contribution >= 4 is 33.3 Å². The zero-order valence-electron chi connectivity index (χ0n) is 18.3. The number of fused-ring (bicyclic) bond motifs is 1. The predicted molar refractivity (Wildman–Crippen MR) is 123 cm³/mol. The van der Waals surface area contributed by atoms with Crippen molar-refractivity contribution in [2.45, 2.75) is 44.6 Å². The molecule has 3 aromatic rings. The Morgan fingerprint density at radius 3 is 2.82 bits per heavy atom. The number of aromatic nitrogens is 2. The van der Waals surface area contributed by atoms with Gasteiger partial charge < -0.3 is 9.26 Å². The molecule has 0 saturated carbocycles. The smallest absolute Gasteiger partial charge is 0.340 e. The average molecular weight is 490 g/mol. The number of esters is 1. The fraction of sp³-hybridized carbons (Fsp3) is 0.348. The molecule has 0 bridgehead atoms. The van der Waals surface area contributed by atoms with E-state index in [0.717, 1.165) is 12.0 Å². The van der Waals surface area contributed by atoms with Crippen molar-refractivity contribution in [2.75, 3.05) is 10.8 Å². The molecule has 0 unspecified atom stereocenters. The van der Waals surface area contributed by atoms with Gasteiger partial charge in [0.1, 0.15) is 0 Å². The number of carbonyl (C=O) groups excluding carboxylic acids is 1. The molecular weight excluding hydrogens is 466 g/mol. The van der Waals surface area contributed by atoms with Crippen molar-refractivity contribution in [3.05, 3.63) is 70.3 Å². The van der Waals surface area contributed by atoms with Gasteiger partial charge in [0.15, 0.2) is 12.4 Å². The number of nitrogens with zero attached hydrogens (tertiary/aromatic N) is 3. The molecule has 0 spiro atoms. The van der Waals surface area contributed by atoms with Gasteiger partial charge in [-0.1, -0.05) is 48.8 Å². The van der Waals surface area contributed by atoms with Crippen LogP contribution in [0.25, 0.3) is 0 Å². The van der Waals surface area contributed by atoms with E-state index < -0.39 is 16.0 Å². The highest BCUT2D eigenvalue weighted by Gasteiger charge is 2.30. The Bertz CT molecular complexity index is 1270. The Hall–Kier alpha value is -2.91. The zero-order chi connectivity index (χ0) is 23.6. The summed E-state index contributed by atoms with van der Waals surface area (Å²) in [5.74, 6) is 0.265. The van der Waals surface area contributed by atoms with Crippen LogP contribution in [0.1, 0.15) is 47.9 Å². The maximum atomic E-state index is 13.4. The lowest BCUT2D eigenvalue weighted by molar-refractivity contribution is 0.0429. The van der Waals surface area contributed by atoms with E-state index in [4.69, 9.17) is 20.9 Å². The number of sulfonamides is 1. The van der Waals surface area contributed by atoms with Gasteiger partial charge in [0.25, 0.3) is 15.9 Å². The SMILES string of the molecule is CC(C)Cc1noc(COC(=O)c2cc(S(=O)(=O)N3CCCc4ccccc43)ccc2Cl)n1. The number of ether oxygens (including phenoxy) is 1. The summed E-state index contributed by atoms with van der Waals surface area (Å²) < 4.78 is 38.5. The minimum atomic E-state index is -3.90.